The van der Waals surface area contributed by atoms with E-state index in [-0.39, 0.29) is 12.3 Å². The Hall–Kier alpha value is -1.84. The Labute approximate surface area is 108 Å². The smallest absolute Gasteiger partial charge is 0.251 e. The van der Waals surface area contributed by atoms with E-state index in [1.54, 1.807) is 13.8 Å². The highest BCUT2D eigenvalue weighted by Gasteiger charge is 2.24. The summed E-state index contributed by atoms with van der Waals surface area (Å²) < 4.78 is 0. The number of hydrogen-bond acceptors (Lipinski definition) is 2. The molecule has 18 heavy (non-hydrogen) atoms. The van der Waals surface area contributed by atoms with Crippen molar-refractivity contribution in [3.8, 4) is 0 Å². The molecule has 0 saturated carbocycles. The molecular formula is C14H20N2O2. The van der Waals surface area contributed by atoms with Crippen LogP contribution in [0.15, 0.2) is 18.2 Å². The topological polar surface area (TPSA) is 72.2 Å². The van der Waals surface area contributed by atoms with E-state index in [9.17, 15) is 9.59 Å². The van der Waals surface area contributed by atoms with Gasteiger partial charge >= 0.3 is 0 Å². The molecule has 0 heterocycles. The number of hydrogen-bond donors (Lipinski definition) is 2. The van der Waals surface area contributed by atoms with E-state index >= 15 is 0 Å². The highest BCUT2D eigenvalue weighted by Crippen LogP contribution is 2.14. The minimum atomic E-state index is -0.640. The van der Waals surface area contributed by atoms with Crippen LogP contribution in [0, 0.1) is 13.8 Å². The molecule has 0 saturated heterocycles. The van der Waals surface area contributed by atoms with E-state index in [2.05, 4.69) is 5.32 Å². The molecular weight excluding hydrogens is 228 g/mol. The van der Waals surface area contributed by atoms with E-state index in [0.29, 0.717) is 5.56 Å². The predicted octanol–water partition coefficient (Wildman–Crippen LogP) is 1.69. The van der Waals surface area contributed by atoms with Gasteiger partial charge in [-0.1, -0.05) is 17.7 Å². The lowest BCUT2D eigenvalue weighted by Gasteiger charge is -2.25. The Balaban J connectivity index is 2.88. The first kappa shape index (κ1) is 14.2. The van der Waals surface area contributed by atoms with Gasteiger partial charge in [-0.25, -0.2) is 0 Å². The average molecular weight is 248 g/mol. The van der Waals surface area contributed by atoms with Gasteiger partial charge in [-0.2, -0.15) is 0 Å². The van der Waals surface area contributed by atoms with Crippen molar-refractivity contribution in [2.75, 3.05) is 0 Å². The van der Waals surface area contributed by atoms with Gasteiger partial charge in [0.2, 0.25) is 5.91 Å². The molecule has 0 atom stereocenters. The molecule has 4 nitrogen and oxygen atoms in total. The minimum Gasteiger partial charge on any atom is -0.370 e. The van der Waals surface area contributed by atoms with Crippen molar-refractivity contribution < 1.29 is 9.59 Å². The van der Waals surface area contributed by atoms with Gasteiger partial charge in [0.15, 0.2) is 0 Å². The number of carbonyl (C=O) groups excluding carboxylic acids is 2. The molecule has 0 radical (unpaired) electrons. The van der Waals surface area contributed by atoms with Gasteiger partial charge in [0.25, 0.3) is 5.91 Å². The van der Waals surface area contributed by atoms with Gasteiger partial charge in [-0.3, -0.25) is 9.59 Å². The summed E-state index contributed by atoms with van der Waals surface area (Å²) in [6.07, 6.45) is 0.115. The van der Waals surface area contributed by atoms with Crippen LogP contribution >= 0.6 is 0 Å². The quantitative estimate of drug-likeness (QED) is 0.851. The fraction of sp³-hybridized carbons (Fsp3) is 0.429. The van der Waals surface area contributed by atoms with Crippen molar-refractivity contribution in [1.29, 1.82) is 0 Å². The Kier molecular flexibility index (Phi) is 4.11. The lowest BCUT2D eigenvalue weighted by atomic mass is 9.98. The van der Waals surface area contributed by atoms with Crippen molar-refractivity contribution in [3.05, 3.63) is 34.9 Å². The third kappa shape index (κ3) is 3.87. The average Bonchev–Trinajstić information content (AvgIpc) is 2.18. The number of rotatable bonds is 4. The predicted molar refractivity (Wildman–Crippen MR) is 71.3 cm³/mol. The third-order valence-corrected chi connectivity index (χ3v) is 2.71. The van der Waals surface area contributed by atoms with Gasteiger partial charge in [0.05, 0.1) is 0 Å². The molecule has 0 aliphatic rings. The molecule has 0 aliphatic carbocycles. The van der Waals surface area contributed by atoms with Crippen LogP contribution in [-0.2, 0) is 4.79 Å². The van der Waals surface area contributed by atoms with Gasteiger partial charge in [0.1, 0.15) is 0 Å². The first-order valence-corrected chi connectivity index (χ1v) is 5.89. The molecule has 2 amide bonds. The van der Waals surface area contributed by atoms with E-state index in [1.807, 2.05) is 32.0 Å². The SMILES string of the molecule is Cc1ccc(C)c(C(=O)NC(C)(C)CC(N)=O)c1. The summed E-state index contributed by atoms with van der Waals surface area (Å²) in [4.78, 5) is 23.1. The number of carbonyl (C=O) groups is 2. The molecule has 0 bridgehead atoms. The van der Waals surface area contributed by atoms with Crippen molar-refractivity contribution in [1.82, 2.24) is 5.32 Å². The van der Waals surface area contributed by atoms with Crippen molar-refractivity contribution >= 4 is 11.8 Å². The molecule has 0 fully saturated rings. The van der Waals surface area contributed by atoms with Crippen LogP contribution in [0.4, 0.5) is 0 Å². The largest absolute Gasteiger partial charge is 0.370 e. The fourth-order valence-corrected chi connectivity index (χ4v) is 1.83. The molecule has 1 aromatic carbocycles. The van der Waals surface area contributed by atoms with Crippen LogP contribution in [0.3, 0.4) is 0 Å². The second-order valence-electron chi connectivity index (χ2n) is 5.30. The molecule has 3 N–H and O–H groups in total. The van der Waals surface area contributed by atoms with Crippen LogP contribution < -0.4 is 11.1 Å². The summed E-state index contributed by atoms with van der Waals surface area (Å²) in [5, 5.41) is 2.83. The van der Waals surface area contributed by atoms with E-state index in [1.165, 1.54) is 0 Å². The minimum absolute atomic E-state index is 0.115. The van der Waals surface area contributed by atoms with Gasteiger partial charge in [0, 0.05) is 17.5 Å². The maximum absolute atomic E-state index is 12.2. The standard InChI is InChI=1S/C14H20N2O2/c1-9-5-6-10(2)11(7-9)13(18)16-14(3,4)8-12(15)17/h5-7H,8H2,1-4H3,(H2,15,17)(H,16,18). The Morgan fingerprint density at radius 3 is 2.44 bits per heavy atom. The number of aryl methyl sites for hydroxylation is 2. The number of primary amides is 1. The number of amides is 2. The van der Waals surface area contributed by atoms with E-state index < -0.39 is 11.4 Å². The summed E-state index contributed by atoms with van der Waals surface area (Å²) in [5.41, 5.74) is 7.09. The first-order chi connectivity index (χ1) is 8.21. The molecule has 0 aliphatic heterocycles. The molecule has 1 rings (SSSR count). The first-order valence-electron chi connectivity index (χ1n) is 5.89. The molecule has 0 aromatic heterocycles. The van der Waals surface area contributed by atoms with Gasteiger partial charge < -0.3 is 11.1 Å². The summed E-state index contributed by atoms with van der Waals surface area (Å²) in [7, 11) is 0. The molecule has 0 unspecified atom stereocenters. The van der Waals surface area contributed by atoms with Crippen LogP contribution in [0.2, 0.25) is 0 Å². The summed E-state index contributed by atoms with van der Waals surface area (Å²) in [6, 6.07) is 5.71. The zero-order valence-electron chi connectivity index (χ0n) is 11.3. The summed E-state index contributed by atoms with van der Waals surface area (Å²) in [5.74, 6) is -0.608. The lowest BCUT2D eigenvalue weighted by molar-refractivity contribution is -0.119. The summed E-state index contributed by atoms with van der Waals surface area (Å²) in [6.45, 7) is 7.38. The Morgan fingerprint density at radius 2 is 1.89 bits per heavy atom. The van der Waals surface area contributed by atoms with Gasteiger partial charge in [-0.05, 0) is 39.3 Å². The molecule has 1 aromatic rings. The normalized spacial score (nSPS) is 11.1. The van der Waals surface area contributed by atoms with Crippen molar-refractivity contribution in [3.63, 3.8) is 0 Å². The second-order valence-corrected chi connectivity index (χ2v) is 5.30. The number of nitrogens with one attached hydrogen (secondary N) is 1. The highest BCUT2D eigenvalue weighted by atomic mass is 16.2. The zero-order chi connectivity index (χ0) is 13.9. The van der Waals surface area contributed by atoms with E-state index in [4.69, 9.17) is 5.73 Å². The monoisotopic (exact) mass is 248 g/mol. The fourth-order valence-electron chi connectivity index (χ4n) is 1.83. The molecule has 0 spiro atoms. The third-order valence-electron chi connectivity index (χ3n) is 2.71. The zero-order valence-corrected chi connectivity index (χ0v) is 11.3. The van der Waals surface area contributed by atoms with E-state index in [0.717, 1.165) is 11.1 Å². The Morgan fingerprint density at radius 1 is 1.28 bits per heavy atom. The van der Waals surface area contributed by atoms with Crippen LogP contribution in [-0.4, -0.2) is 17.4 Å². The van der Waals surface area contributed by atoms with Gasteiger partial charge in [-0.15, -0.1) is 0 Å². The van der Waals surface area contributed by atoms with Crippen LogP contribution in [0.1, 0.15) is 41.8 Å². The highest BCUT2D eigenvalue weighted by molar-refractivity contribution is 5.96. The molecule has 98 valence electrons. The molecule has 4 heteroatoms. The number of nitrogens with two attached hydrogens (primary N) is 1. The Bertz CT molecular complexity index is 479. The summed E-state index contributed by atoms with van der Waals surface area (Å²) >= 11 is 0. The maximum Gasteiger partial charge on any atom is 0.251 e. The van der Waals surface area contributed by atoms with Crippen molar-refractivity contribution in [2.45, 2.75) is 39.7 Å². The second kappa shape index (κ2) is 5.21. The van der Waals surface area contributed by atoms with Crippen molar-refractivity contribution in [2.24, 2.45) is 5.73 Å². The lowest BCUT2D eigenvalue weighted by Crippen LogP contribution is -2.46. The number of benzene rings is 1. The van der Waals surface area contributed by atoms with Crippen LogP contribution in [0.25, 0.3) is 0 Å². The maximum atomic E-state index is 12.2. The van der Waals surface area contributed by atoms with Crippen LogP contribution in [0.5, 0.6) is 0 Å².